The maximum absolute atomic E-state index is 11.1. The third-order valence-electron chi connectivity index (χ3n) is 5.46. The molecule has 0 radical (unpaired) electrons. The van der Waals surface area contributed by atoms with Crippen LogP contribution in [0.25, 0.3) is 0 Å². The van der Waals surface area contributed by atoms with E-state index in [1.807, 2.05) is 18.2 Å². The minimum absolute atomic E-state index is 0.0835. The third-order valence-corrected chi connectivity index (χ3v) is 6.62. The van der Waals surface area contributed by atoms with Crippen molar-refractivity contribution in [3.63, 3.8) is 0 Å². The molecule has 0 saturated heterocycles. The molecule has 4 rings (SSSR count). The molecule has 33 heavy (non-hydrogen) atoms. The molecule has 5 N–H and O–H groups in total. The van der Waals surface area contributed by atoms with Gasteiger partial charge in [-0.1, -0.05) is 48.2 Å². The summed E-state index contributed by atoms with van der Waals surface area (Å²) in [5.41, 5.74) is 4.69. The number of fused-ring (bicyclic) bond motifs is 1. The summed E-state index contributed by atoms with van der Waals surface area (Å²) in [6.07, 6.45) is 2.70. The molecule has 0 amide bonds. The van der Waals surface area contributed by atoms with Crippen LogP contribution in [-0.4, -0.2) is 39.9 Å². The van der Waals surface area contributed by atoms with Gasteiger partial charge in [-0.15, -0.1) is 0 Å². The van der Waals surface area contributed by atoms with Crippen LogP contribution >= 0.6 is 11.8 Å². The Bertz CT molecular complexity index is 1080. The number of rotatable bonds is 11. The van der Waals surface area contributed by atoms with Crippen LogP contribution in [0.4, 0.5) is 5.69 Å². The molecule has 2 aromatic carbocycles. The highest BCUT2D eigenvalue weighted by molar-refractivity contribution is 8.01. The normalized spacial score (nSPS) is 15.6. The minimum Gasteiger partial charge on any atom is -0.506 e. The van der Waals surface area contributed by atoms with Crippen molar-refractivity contribution in [2.24, 2.45) is 0 Å². The van der Waals surface area contributed by atoms with Crippen LogP contribution in [-0.2, 0) is 24.3 Å². The zero-order valence-corrected chi connectivity index (χ0v) is 19.0. The first-order chi connectivity index (χ1) is 16.1. The summed E-state index contributed by atoms with van der Waals surface area (Å²) in [7, 11) is 0. The summed E-state index contributed by atoms with van der Waals surface area (Å²) >= 11 is 1.31. The molecule has 3 aromatic rings. The largest absolute Gasteiger partial charge is 0.506 e. The van der Waals surface area contributed by atoms with Gasteiger partial charge in [-0.25, -0.2) is 0 Å². The van der Waals surface area contributed by atoms with E-state index in [1.54, 1.807) is 18.3 Å². The molecule has 7 nitrogen and oxygen atoms in total. The number of hydrogen-bond donors (Lipinski definition) is 5. The molecule has 172 valence electrons. The van der Waals surface area contributed by atoms with E-state index >= 15 is 0 Å². The Labute approximate surface area is 197 Å². The Hall–Kier alpha value is -2.91. The fourth-order valence-electron chi connectivity index (χ4n) is 3.79. The van der Waals surface area contributed by atoms with Gasteiger partial charge in [0.25, 0.3) is 0 Å². The first kappa shape index (κ1) is 23.3. The van der Waals surface area contributed by atoms with Crippen molar-refractivity contribution in [3.8, 4) is 5.75 Å². The van der Waals surface area contributed by atoms with E-state index in [0.717, 1.165) is 42.9 Å². The van der Waals surface area contributed by atoms with Crippen LogP contribution in [0.15, 0.2) is 65.7 Å². The number of nitrogens with zero attached hydrogens (tertiary/aromatic N) is 1. The number of thioether (sulfide) groups is 1. The van der Waals surface area contributed by atoms with Gasteiger partial charge in [-0.2, -0.15) is 0 Å². The number of benzene rings is 2. The van der Waals surface area contributed by atoms with Crippen molar-refractivity contribution in [2.45, 2.75) is 35.9 Å². The lowest BCUT2D eigenvalue weighted by Crippen LogP contribution is -2.24. The van der Waals surface area contributed by atoms with Crippen LogP contribution in [0.3, 0.4) is 0 Å². The second-order valence-electron chi connectivity index (χ2n) is 7.91. The van der Waals surface area contributed by atoms with Gasteiger partial charge in [0.05, 0.1) is 17.5 Å². The Morgan fingerprint density at radius 3 is 2.79 bits per heavy atom. The molecule has 8 heteroatoms. The number of phenols is 1. The number of carbonyl (C=O) groups excluding carboxylic acids is 1. The van der Waals surface area contributed by atoms with Gasteiger partial charge in [0, 0.05) is 30.7 Å². The lowest BCUT2D eigenvalue weighted by molar-refractivity contribution is -0.107. The zero-order valence-electron chi connectivity index (χ0n) is 18.2. The molecule has 0 saturated carbocycles. The molecule has 1 aliphatic heterocycles. The van der Waals surface area contributed by atoms with Crippen molar-refractivity contribution in [1.82, 2.24) is 15.6 Å². The van der Waals surface area contributed by atoms with Crippen LogP contribution in [0.2, 0.25) is 0 Å². The van der Waals surface area contributed by atoms with E-state index in [4.69, 9.17) is 0 Å². The average Bonchev–Trinajstić information content (AvgIpc) is 3.28. The number of carbonyl (C=O) groups is 1. The van der Waals surface area contributed by atoms with Gasteiger partial charge >= 0.3 is 0 Å². The Kier molecular flexibility index (Phi) is 7.96. The Morgan fingerprint density at radius 2 is 1.97 bits per heavy atom. The van der Waals surface area contributed by atoms with E-state index in [9.17, 15) is 15.0 Å². The summed E-state index contributed by atoms with van der Waals surface area (Å²) < 4.78 is 0. The monoisotopic (exact) mass is 464 g/mol. The summed E-state index contributed by atoms with van der Waals surface area (Å²) in [4.78, 5) is 16.2. The van der Waals surface area contributed by atoms with E-state index in [0.29, 0.717) is 17.8 Å². The molecule has 1 unspecified atom stereocenters. The minimum atomic E-state index is -0.735. The fraction of sp³-hybridized carbons (Fsp3) is 0.280. The molecule has 1 aromatic heterocycles. The second kappa shape index (κ2) is 11.3. The molecule has 2 atom stereocenters. The number of hydrogen-bond acceptors (Lipinski definition) is 8. The first-order valence-corrected chi connectivity index (χ1v) is 11.8. The number of pyridine rings is 1. The highest BCUT2D eigenvalue weighted by Crippen LogP contribution is 2.46. The fourth-order valence-corrected chi connectivity index (χ4v) is 4.90. The predicted molar refractivity (Wildman–Crippen MR) is 130 cm³/mol. The molecule has 1 aliphatic rings. The summed E-state index contributed by atoms with van der Waals surface area (Å²) in [5.74, 6) is 0.0835. The number of anilines is 1. The molecule has 0 spiro atoms. The number of aliphatic hydroxyl groups excluding tert-OH is 1. The number of aldehydes is 1. The zero-order chi connectivity index (χ0) is 23.0. The lowest BCUT2D eigenvalue weighted by Gasteiger charge is -2.16. The third kappa shape index (κ3) is 6.11. The van der Waals surface area contributed by atoms with Gasteiger partial charge in [0.2, 0.25) is 0 Å². The number of aromatic hydroxyl groups is 1. The van der Waals surface area contributed by atoms with Crippen LogP contribution in [0.5, 0.6) is 5.75 Å². The van der Waals surface area contributed by atoms with Gasteiger partial charge in [0.15, 0.2) is 6.29 Å². The quantitative estimate of drug-likeness (QED) is 0.168. The van der Waals surface area contributed by atoms with Crippen molar-refractivity contribution in [2.75, 3.05) is 18.4 Å². The standard InChI is InChI=1S/C25H28N4O3S/c30-16-23-29-24-21(31)8-7-20(25(24)33-23)22(32)15-26-11-9-17-4-3-5-18(12-17)13-27-14-19-6-1-2-10-28-19/h1-8,10,12,16,22-23,26-27,29,31-32H,9,11,13-15H2/t22-,23?/m0/s1. The van der Waals surface area contributed by atoms with Crippen LogP contribution in [0.1, 0.15) is 28.5 Å². The topological polar surface area (TPSA) is 107 Å². The summed E-state index contributed by atoms with van der Waals surface area (Å²) in [5, 5.41) is 30.0. The van der Waals surface area contributed by atoms with Gasteiger partial charge in [-0.05, 0) is 47.9 Å². The van der Waals surface area contributed by atoms with Crippen molar-refractivity contribution < 1.29 is 15.0 Å². The van der Waals surface area contributed by atoms with Crippen LogP contribution in [0, 0.1) is 0 Å². The number of nitrogens with one attached hydrogen (secondary N) is 3. The highest BCUT2D eigenvalue weighted by Gasteiger charge is 2.28. The molecular weight excluding hydrogens is 436 g/mol. The van der Waals surface area contributed by atoms with Gasteiger partial charge < -0.3 is 31.0 Å². The van der Waals surface area contributed by atoms with E-state index in [-0.39, 0.29) is 5.75 Å². The first-order valence-electron chi connectivity index (χ1n) is 11.0. The number of aromatic nitrogens is 1. The maximum Gasteiger partial charge on any atom is 0.152 e. The van der Waals surface area contributed by atoms with E-state index in [1.165, 1.54) is 22.9 Å². The summed E-state index contributed by atoms with van der Waals surface area (Å²) in [6, 6.07) is 17.6. The Balaban J connectivity index is 1.24. The van der Waals surface area contributed by atoms with Crippen molar-refractivity contribution in [3.05, 3.63) is 83.2 Å². The molecule has 2 heterocycles. The lowest BCUT2D eigenvalue weighted by atomic mass is 10.1. The molecule has 0 bridgehead atoms. The predicted octanol–water partition coefficient (Wildman–Crippen LogP) is 2.99. The number of aliphatic hydroxyl groups is 1. The SMILES string of the molecule is O=CC1Nc2c(O)ccc([C@@H](O)CNCCc3cccc(CNCc4ccccn4)c3)c2S1. The van der Waals surface area contributed by atoms with E-state index in [2.05, 4.69) is 45.2 Å². The maximum atomic E-state index is 11.1. The smallest absolute Gasteiger partial charge is 0.152 e. The number of phenolic OH excluding ortho intramolecular Hbond substituents is 1. The second-order valence-corrected chi connectivity index (χ2v) is 9.06. The van der Waals surface area contributed by atoms with Crippen molar-refractivity contribution >= 4 is 23.7 Å². The van der Waals surface area contributed by atoms with Gasteiger partial charge in [0.1, 0.15) is 11.1 Å². The van der Waals surface area contributed by atoms with Gasteiger partial charge in [-0.3, -0.25) is 4.98 Å². The Morgan fingerprint density at radius 1 is 1.09 bits per heavy atom. The molecule has 0 aliphatic carbocycles. The molecule has 0 fully saturated rings. The highest BCUT2D eigenvalue weighted by atomic mass is 32.2. The van der Waals surface area contributed by atoms with Crippen LogP contribution < -0.4 is 16.0 Å². The average molecular weight is 465 g/mol. The molecular formula is C25H28N4O3S. The van der Waals surface area contributed by atoms with Crippen molar-refractivity contribution in [1.29, 1.82) is 0 Å². The summed E-state index contributed by atoms with van der Waals surface area (Å²) in [6.45, 7) is 2.61. The van der Waals surface area contributed by atoms with E-state index < -0.39 is 11.5 Å².